The topological polar surface area (TPSA) is 150 Å². The number of benzene rings is 8. The Morgan fingerprint density at radius 2 is 0.538 bits per heavy atom. The summed E-state index contributed by atoms with van der Waals surface area (Å²) in [4.78, 5) is 29.1. The molecule has 6 aliphatic rings. The van der Waals surface area contributed by atoms with Crippen LogP contribution in [0.25, 0.3) is 152 Å². The Hall–Kier alpha value is -13.4. The fourth-order valence-electron chi connectivity index (χ4n) is 16.7. The maximum Gasteiger partial charge on any atom is 0.127 e. The van der Waals surface area contributed by atoms with Crippen molar-refractivity contribution in [3.63, 3.8) is 0 Å². The van der Waals surface area contributed by atoms with E-state index in [0.29, 0.717) is 66.1 Å². The number of hydrogen-bond acceptors (Lipinski definition) is 16. The van der Waals surface area contributed by atoms with Crippen molar-refractivity contribution in [3.05, 3.63) is 303 Å². The van der Waals surface area contributed by atoms with Gasteiger partial charge in [-0.3, -0.25) is 0 Å². The smallest absolute Gasteiger partial charge is 0.127 e. The number of para-hydroxylation sites is 4. The van der Waals surface area contributed by atoms with E-state index in [-0.39, 0.29) is 0 Å². The molecule has 0 saturated carbocycles. The summed E-state index contributed by atoms with van der Waals surface area (Å²) in [6.07, 6.45) is 24.4. The zero-order valence-electron chi connectivity index (χ0n) is 72.7. The van der Waals surface area contributed by atoms with Crippen molar-refractivity contribution >= 4 is 91.7 Å². The molecule has 14 nitrogen and oxygen atoms in total. The number of H-pyrrole nitrogens is 2. The summed E-state index contributed by atoms with van der Waals surface area (Å²) in [5.41, 5.74) is 17.6. The largest absolute Gasteiger partial charge is 0.494 e. The molecule has 0 atom stereocenters. The molecule has 0 aliphatic carbocycles. The van der Waals surface area contributed by atoms with Gasteiger partial charge in [0.25, 0.3) is 0 Å². The highest BCUT2D eigenvalue weighted by atomic mass is 32.1. The zero-order valence-corrected chi connectivity index (χ0v) is 76.0. The van der Waals surface area contributed by atoms with Gasteiger partial charge in [0.1, 0.15) is 57.5 Å². The van der Waals surface area contributed by atoms with Crippen molar-refractivity contribution in [2.24, 2.45) is 0 Å². The van der Waals surface area contributed by atoms with E-state index in [4.69, 9.17) is 57.3 Å². The molecule has 0 fully saturated rings. The lowest BCUT2D eigenvalue weighted by atomic mass is 10.0. The van der Waals surface area contributed by atoms with Gasteiger partial charge in [-0.05, 0) is 306 Å². The van der Waals surface area contributed by atoms with Crippen LogP contribution < -0.4 is 47.4 Å². The first-order chi connectivity index (χ1) is 64.3. The average molecular weight is 1790 g/mol. The SMILES string of the molecule is C=CCCCCOc1ccc(-c2ccc(-c3ccc(-c4cc5cc(c4)OCCCCOc4ccccc4-c4c6nc(c7c8ccc([nH]8)c(c8nc(c(c9ccc4[nH]9)-c4ccccc4OCCCCOc4cc(cc(-c9ccc(-c%10ccc(-c%11ccc(OCCCCC=C)cc%11)s%10)s9)c4)OCCCCOc4ccccc4-7)C=C8)-c4ccccc4OCCCCO5)C=C6)s3)s2)cc1. The highest BCUT2D eigenvalue weighted by Gasteiger charge is 2.26. The number of fused-ring (bicyclic) bond motifs is 20. The van der Waals surface area contributed by atoms with Crippen LogP contribution in [0.15, 0.2) is 280 Å². The molecule has 15 aromatic rings. The van der Waals surface area contributed by atoms with Crippen LogP contribution in [0.1, 0.15) is 113 Å². The van der Waals surface area contributed by atoms with E-state index in [9.17, 15) is 0 Å². The summed E-state index contributed by atoms with van der Waals surface area (Å²) < 4.78 is 67.0. The first-order valence-corrected chi connectivity index (χ1v) is 48.6. The molecule has 0 radical (unpaired) electrons. The molecule has 0 spiro atoms. The van der Waals surface area contributed by atoms with Gasteiger partial charge >= 0.3 is 0 Å². The molecule has 13 heterocycles. The Morgan fingerprint density at radius 1 is 0.277 bits per heavy atom. The third-order valence-corrected chi connectivity index (χ3v) is 28.2. The van der Waals surface area contributed by atoms with E-state index in [1.165, 1.54) is 40.4 Å². The van der Waals surface area contributed by atoms with Crippen LogP contribution in [0.5, 0.6) is 57.5 Å². The Bertz CT molecular complexity index is 6090. The molecule has 0 unspecified atom stereocenters. The van der Waals surface area contributed by atoms with Gasteiger partial charge in [-0.1, -0.05) is 84.9 Å². The number of hydrogen-bond donors (Lipinski definition) is 2. The highest BCUT2D eigenvalue weighted by molar-refractivity contribution is 7.26. The van der Waals surface area contributed by atoms with Crippen molar-refractivity contribution in [3.8, 4) is 163 Å². The number of nitrogens with one attached hydrogen (secondary N) is 2. The fourth-order valence-corrected chi connectivity index (χ4v) is 20.9. The van der Waals surface area contributed by atoms with Gasteiger partial charge in [0.15, 0.2) is 0 Å². The van der Waals surface area contributed by atoms with Gasteiger partial charge in [0.2, 0.25) is 0 Å². The van der Waals surface area contributed by atoms with Crippen LogP contribution in [0.3, 0.4) is 0 Å². The minimum Gasteiger partial charge on any atom is -0.494 e. The first-order valence-electron chi connectivity index (χ1n) is 45.3. The van der Waals surface area contributed by atoms with Crippen LogP contribution in [0.2, 0.25) is 0 Å². The maximum absolute atomic E-state index is 7.00. The summed E-state index contributed by atoms with van der Waals surface area (Å²) in [5.74, 6) is 7.64. The molecular weight excluding hydrogens is 1690 g/mol. The Morgan fingerprint density at radius 3 is 0.823 bits per heavy atom. The number of allylic oxidation sites excluding steroid dienone is 2. The molecule has 21 rings (SSSR count). The van der Waals surface area contributed by atoms with Crippen molar-refractivity contribution in [1.29, 1.82) is 0 Å². The molecule has 0 amide bonds. The molecule has 654 valence electrons. The number of thiophene rings is 4. The second kappa shape index (κ2) is 41.8. The Kier molecular flexibility index (Phi) is 27.7. The first kappa shape index (κ1) is 86.0. The van der Waals surface area contributed by atoms with Gasteiger partial charge in [-0.15, -0.1) is 58.5 Å². The van der Waals surface area contributed by atoms with Gasteiger partial charge < -0.3 is 57.3 Å². The Labute approximate surface area is 775 Å². The number of aromatic nitrogens is 4. The van der Waals surface area contributed by atoms with Crippen LogP contribution in [0.4, 0.5) is 0 Å². The third-order valence-electron chi connectivity index (χ3n) is 23.3. The molecule has 2 N–H and O–H groups in total. The lowest BCUT2D eigenvalue weighted by Gasteiger charge is -2.15. The summed E-state index contributed by atoms with van der Waals surface area (Å²) in [7, 11) is 0. The summed E-state index contributed by atoms with van der Waals surface area (Å²) in [6, 6.07) is 89.1. The number of aromatic amines is 2. The van der Waals surface area contributed by atoms with Gasteiger partial charge in [-0.2, -0.15) is 0 Å². The lowest BCUT2D eigenvalue weighted by molar-refractivity contribution is 0.259. The van der Waals surface area contributed by atoms with E-state index in [1.54, 1.807) is 45.3 Å². The van der Waals surface area contributed by atoms with Gasteiger partial charge in [0.05, 0.1) is 88.8 Å². The predicted molar refractivity (Wildman–Crippen MR) is 538 cm³/mol. The Balaban J connectivity index is 0.647. The highest BCUT2D eigenvalue weighted by Crippen LogP contribution is 2.49. The minimum absolute atomic E-state index is 0.434. The zero-order chi connectivity index (χ0) is 87.6. The molecule has 7 aromatic heterocycles. The maximum atomic E-state index is 7.00. The number of ether oxygens (including phenoxy) is 10. The number of rotatable bonds is 18. The summed E-state index contributed by atoms with van der Waals surface area (Å²) in [5, 5.41) is 0. The average Bonchev–Trinajstić information content (AvgIpc) is 1.60. The molecular formula is C112H102N4O10S4. The predicted octanol–water partition coefficient (Wildman–Crippen LogP) is 30.6. The normalized spacial score (nSPS) is 13.8. The third kappa shape index (κ3) is 20.5. The quantitative estimate of drug-likeness (QED) is 0.0622. The lowest BCUT2D eigenvalue weighted by Crippen LogP contribution is -2.05. The number of nitrogens with zero attached hydrogens (tertiary/aromatic N) is 2. The second-order valence-corrected chi connectivity index (χ2v) is 36.8. The molecule has 0 saturated heterocycles. The monoisotopic (exact) mass is 1790 g/mol. The van der Waals surface area contributed by atoms with Crippen molar-refractivity contribution in [2.45, 2.75) is 89.9 Å². The molecule has 8 aromatic carbocycles. The van der Waals surface area contributed by atoms with Crippen molar-refractivity contribution in [1.82, 2.24) is 19.9 Å². The standard InChI is InChI=1S/C112H102N4O10S4/c1-3-5-7-17-59-117-79-39-35-75(36-40-79)101-51-55-105(127-101)107-57-53-103(129-107)77-69-81-73-82(70-77)120-62-20-24-66-124-98-32-14-10-28-86(98)110-91-45-49-95(115-91)111-87-29-11-15-33-99(87)125-67-25-21-63-121-83-71-78(104-54-58-108(130-104)106-56-52-102(128-106)76-37-41-80(42-38-76)118-60-18-8-6-4-2)72-84(74-83)122-64-22-26-68-126-100-34-16-12-30-88(100)112(96-50-46-92(110)116-96)94-48-44-90(114-94)109(89-43-47-93(111)113-89)85-27-9-13-31-97(85)123-65-23-19-61-119-81/h3-4,9-16,27-58,69-74,113,116H,1-2,5-8,17-26,59-68H2. The number of unbranched alkanes of at least 4 members (excludes halogenated alkanes) is 4. The molecule has 6 aliphatic heterocycles. The van der Waals surface area contributed by atoms with Gasteiger partial charge in [-0.25, -0.2) is 9.97 Å². The van der Waals surface area contributed by atoms with Crippen LogP contribution in [-0.2, 0) is 0 Å². The van der Waals surface area contributed by atoms with E-state index >= 15 is 0 Å². The van der Waals surface area contributed by atoms with Gasteiger partial charge in [0, 0.05) is 118 Å². The summed E-state index contributed by atoms with van der Waals surface area (Å²) >= 11 is 7.13. The van der Waals surface area contributed by atoms with E-state index in [2.05, 4.69) is 266 Å². The molecule has 130 heavy (non-hydrogen) atoms. The van der Waals surface area contributed by atoms with E-state index in [1.807, 2.05) is 48.6 Å². The molecule has 18 heteroatoms. The van der Waals surface area contributed by atoms with Crippen LogP contribution >= 0.6 is 45.3 Å². The second-order valence-electron chi connectivity index (χ2n) is 32.5. The van der Waals surface area contributed by atoms with E-state index < -0.39 is 0 Å². The van der Waals surface area contributed by atoms with Crippen LogP contribution in [-0.4, -0.2) is 86.0 Å². The molecule has 16 bridgehead atoms. The van der Waals surface area contributed by atoms with Crippen LogP contribution in [0, 0.1) is 0 Å². The van der Waals surface area contributed by atoms with Crippen molar-refractivity contribution < 1.29 is 47.4 Å². The van der Waals surface area contributed by atoms with E-state index in [0.717, 1.165) is 258 Å². The minimum atomic E-state index is 0.434. The van der Waals surface area contributed by atoms with Crippen molar-refractivity contribution in [2.75, 3.05) is 66.1 Å². The summed E-state index contributed by atoms with van der Waals surface area (Å²) in [6.45, 7) is 12.7. The fraction of sp³-hybridized carbons (Fsp3) is 0.214.